The van der Waals surface area contributed by atoms with Crippen LogP contribution in [-0.4, -0.2) is 11.3 Å². The standard InChI is InChI=1S/C33H24BN/c1-33(2)25-13-7-8-14-27(25)34-28-20-22(21-10-4-3-5-11-21)16-19-30(28)35-29-15-9-6-12-23(29)24-17-18-26(33)31(34)32(24)35/h3-20H,1-2H3. The molecule has 35 heavy (non-hydrogen) atoms. The first kappa shape index (κ1) is 19.3. The number of nitrogens with zero attached hydrogens (tertiary/aromatic N) is 1. The molecule has 2 heteroatoms. The highest BCUT2D eigenvalue weighted by Crippen LogP contribution is 2.40. The summed E-state index contributed by atoms with van der Waals surface area (Å²) in [5.41, 5.74) is 13.7. The van der Waals surface area contributed by atoms with Crippen LogP contribution in [0.15, 0.2) is 109 Å². The van der Waals surface area contributed by atoms with Crippen LogP contribution in [0.25, 0.3) is 38.6 Å². The predicted octanol–water partition coefficient (Wildman–Crippen LogP) is 5.92. The van der Waals surface area contributed by atoms with Crippen LogP contribution < -0.4 is 16.4 Å². The summed E-state index contributed by atoms with van der Waals surface area (Å²) in [6.07, 6.45) is 0. The lowest BCUT2D eigenvalue weighted by atomic mass is 9.30. The Labute approximate surface area is 205 Å². The molecule has 0 N–H and O–H groups in total. The molecule has 0 aliphatic carbocycles. The lowest BCUT2D eigenvalue weighted by Crippen LogP contribution is -2.63. The van der Waals surface area contributed by atoms with Gasteiger partial charge in [0.1, 0.15) is 0 Å². The van der Waals surface area contributed by atoms with Gasteiger partial charge in [-0.1, -0.05) is 116 Å². The molecule has 0 amide bonds. The van der Waals surface area contributed by atoms with Gasteiger partial charge in [-0.15, -0.1) is 0 Å². The Hall–Kier alpha value is -4.04. The van der Waals surface area contributed by atoms with Crippen LogP contribution in [0.4, 0.5) is 0 Å². The van der Waals surface area contributed by atoms with E-state index in [1.54, 1.807) is 0 Å². The molecule has 6 aromatic rings. The van der Waals surface area contributed by atoms with Gasteiger partial charge in [0.2, 0.25) is 6.71 Å². The van der Waals surface area contributed by atoms with Gasteiger partial charge in [-0.2, -0.15) is 0 Å². The maximum atomic E-state index is 2.54. The van der Waals surface area contributed by atoms with E-state index in [9.17, 15) is 0 Å². The summed E-state index contributed by atoms with van der Waals surface area (Å²) in [7, 11) is 0. The average Bonchev–Trinajstić information content (AvgIpc) is 3.24. The van der Waals surface area contributed by atoms with E-state index in [-0.39, 0.29) is 12.1 Å². The highest BCUT2D eigenvalue weighted by atomic mass is 15.0. The molecular formula is C33H24BN. The van der Waals surface area contributed by atoms with Gasteiger partial charge in [-0.25, -0.2) is 0 Å². The minimum Gasteiger partial charge on any atom is -0.310 e. The lowest BCUT2D eigenvalue weighted by Gasteiger charge is -2.41. The van der Waals surface area contributed by atoms with Crippen molar-refractivity contribution in [2.45, 2.75) is 19.3 Å². The second-order valence-corrected chi connectivity index (χ2v) is 10.6. The molecule has 0 atom stereocenters. The van der Waals surface area contributed by atoms with Crippen molar-refractivity contribution in [2.24, 2.45) is 0 Å². The zero-order chi connectivity index (χ0) is 23.3. The predicted molar refractivity (Wildman–Crippen MR) is 149 cm³/mol. The highest BCUT2D eigenvalue weighted by Gasteiger charge is 2.44. The molecule has 0 bridgehead atoms. The molecule has 0 saturated heterocycles. The Morgan fingerprint density at radius 3 is 2.26 bits per heavy atom. The molecule has 0 radical (unpaired) electrons. The van der Waals surface area contributed by atoms with Gasteiger partial charge in [-0.05, 0) is 45.3 Å². The van der Waals surface area contributed by atoms with Gasteiger partial charge in [0.25, 0.3) is 0 Å². The SMILES string of the molecule is CC1(C)c2ccccc2B2c3cc(-c4ccccc4)ccc3-n3c4ccccc4c4ccc1c2c43. The molecule has 2 aliphatic rings. The maximum Gasteiger partial charge on any atom is 0.247 e. The van der Waals surface area contributed by atoms with Crippen molar-refractivity contribution in [3.05, 3.63) is 120 Å². The average molecular weight is 445 g/mol. The zero-order valence-electron chi connectivity index (χ0n) is 19.9. The summed E-state index contributed by atoms with van der Waals surface area (Å²) in [5.74, 6) is 0. The molecule has 2 aliphatic heterocycles. The second kappa shape index (κ2) is 6.55. The maximum absolute atomic E-state index is 2.54. The molecule has 8 rings (SSSR count). The fourth-order valence-corrected chi connectivity index (χ4v) is 6.91. The van der Waals surface area contributed by atoms with Gasteiger partial charge in [0, 0.05) is 27.4 Å². The quantitative estimate of drug-likeness (QED) is 0.277. The Bertz CT molecular complexity index is 1820. The zero-order valence-corrected chi connectivity index (χ0v) is 19.9. The molecular weight excluding hydrogens is 421 g/mol. The number of aromatic nitrogens is 1. The fraction of sp³-hybridized carbons (Fsp3) is 0.0909. The van der Waals surface area contributed by atoms with Gasteiger partial charge in [0.15, 0.2) is 0 Å². The molecule has 5 aromatic carbocycles. The van der Waals surface area contributed by atoms with Gasteiger partial charge in [0.05, 0.1) is 5.52 Å². The third-order valence-electron chi connectivity index (χ3n) is 8.47. The van der Waals surface area contributed by atoms with E-state index in [0.29, 0.717) is 0 Å². The van der Waals surface area contributed by atoms with Crippen LogP contribution >= 0.6 is 0 Å². The van der Waals surface area contributed by atoms with Crippen molar-refractivity contribution in [1.29, 1.82) is 0 Å². The van der Waals surface area contributed by atoms with Crippen LogP contribution in [0.5, 0.6) is 0 Å². The monoisotopic (exact) mass is 445 g/mol. The number of fused-ring (bicyclic) bond motifs is 8. The normalized spacial score (nSPS) is 14.7. The molecule has 164 valence electrons. The summed E-state index contributed by atoms with van der Waals surface area (Å²) < 4.78 is 2.54. The molecule has 1 nitrogen and oxygen atoms in total. The molecule has 1 aromatic heterocycles. The number of hydrogen-bond donors (Lipinski definition) is 0. The Balaban J connectivity index is 1.58. The smallest absolute Gasteiger partial charge is 0.247 e. The minimum atomic E-state index is -0.0492. The molecule has 0 fully saturated rings. The van der Waals surface area contributed by atoms with Crippen molar-refractivity contribution < 1.29 is 0 Å². The van der Waals surface area contributed by atoms with E-state index in [4.69, 9.17) is 0 Å². The van der Waals surface area contributed by atoms with E-state index in [0.717, 1.165) is 0 Å². The van der Waals surface area contributed by atoms with Crippen LogP contribution in [0.2, 0.25) is 0 Å². The summed E-state index contributed by atoms with van der Waals surface area (Å²) in [4.78, 5) is 0. The van der Waals surface area contributed by atoms with Gasteiger partial charge in [-0.3, -0.25) is 0 Å². The Morgan fingerprint density at radius 1 is 0.600 bits per heavy atom. The van der Waals surface area contributed by atoms with Crippen molar-refractivity contribution >= 4 is 44.9 Å². The van der Waals surface area contributed by atoms with Crippen LogP contribution in [0.3, 0.4) is 0 Å². The van der Waals surface area contributed by atoms with E-state index < -0.39 is 0 Å². The molecule has 0 saturated carbocycles. The molecule has 3 heterocycles. The van der Waals surface area contributed by atoms with Crippen molar-refractivity contribution in [2.75, 3.05) is 0 Å². The van der Waals surface area contributed by atoms with Crippen molar-refractivity contribution in [1.82, 2.24) is 4.57 Å². The lowest BCUT2D eigenvalue weighted by molar-refractivity contribution is 0.646. The molecule has 0 unspecified atom stereocenters. The summed E-state index contributed by atoms with van der Waals surface area (Å²) in [5, 5.41) is 2.69. The van der Waals surface area contributed by atoms with Crippen LogP contribution in [0, 0.1) is 0 Å². The Morgan fingerprint density at radius 2 is 1.37 bits per heavy atom. The van der Waals surface area contributed by atoms with Gasteiger partial charge < -0.3 is 4.57 Å². The van der Waals surface area contributed by atoms with E-state index in [1.807, 2.05) is 0 Å². The summed E-state index contributed by atoms with van der Waals surface area (Å²) in [6.45, 7) is 5.01. The van der Waals surface area contributed by atoms with Crippen LogP contribution in [0.1, 0.15) is 25.0 Å². The summed E-state index contributed by atoms with van der Waals surface area (Å²) in [6, 6.07) is 40.6. The van der Waals surface area contributed by atoms with Gasteiger partial charge >= 0.3 is 0 Å². The van der Waals surface area contributed by atoms with E-state index in [2.05, 4.69) is 128 Å². The first-order chi connectivity index (χ1) is 17.1. The first-order valence-electron chi connectivity index (χ1n) is 12.5. The van der Waals surface area contributed by atoms with E-state index >= 15 is 0 Å². The highest BCUT2D eigenvalue weighted by molar-refractivity contribution is 6.99. The largest absolute Gasteiger partial charge is 0.310 e. The number of benzene rings is 5. The minimum absolute atomic E-state index is 0.0492. The van der Waals surface area contributed by atoms with Crippen molar-refractivity contribution in [3.63, 3.8) is 0 Å². The number of rotatable bonds is 1. The number of para-hydroxylation sites is 1. The number of hydrogen-bond acceptors (Lipinski definition) is 0. The fourth-order valence-electron chi connectivity index (χ4n) is 6.91. The Kier molecular flexibility index (Phi) is 3.61. The van der Waals surface area contributed by atoms with Crippen LogP contribution in [-0.2, 0) is 5.41 Å². The third-order valence-corrected chi connectivity index (χ3v) is 8.47. The van der Waals surface area contributed by atoms with Crippen molar-refractivity contribution in [3.8, 4) is 16.8 Å². The first-order valence-corrected chi connectivity index (χ1v) is 12.5. The van der Waals surface area contributed by atoms with E-state index in [1.165, 1.54) is 66.1 Å². The second-order valence-electron chi connectivity index (χ2n) is 10.6. The molecule has 0 spiro atoms. The topological polar surface area (TPSA) is 4.93 Å². The third kappa shape index (κ3) is 2.35. The summed E-state index contributed by atoms with van der Waals surface area (Å²) >= 11 is 0.